The number of aliphatic hydroxyl groups is 2. The largest absolute Gasteiger partial charge is 0.485 e. The van der Waals surface area contributed by atoms with E-state index in [0.29, 0.717) is 22.6 Å². The molecular formula is C23H25N3O6. The molecule has 168 valence electrons. The summed E-state index contributed by atoms with van der Waals surface area (Å²) in [6, 6.07) is 13.6. The minimum atomic E-state index is -1.45. The molecule has 1 aliphatic rings. The lowest BCUT2D eigenvalue weighted by Crippen LogP contribution is -2.56. The average Bonchev–Trinajstić information content (AvgIpc) is 2.77. The van der Waals surface area contributed by atoms with E-state index >= 15 is 0 Å². The first-order valence-corrected chi connectivity index (χ1v) is 10.0. The van der Waals surface area contributed by atoms with Crippen LogP contribution in [0.2, 0.25) is 0 Å². The molecule has 4 N–H and O–H groups in total. The minimum Gasteiger partial charge on any atom is -0.485 e. The lowest BCUT2D eigenvalue weighted by Gasteiger charge is -2.47. The van der Waals surface area contributed by atoms with Crippen molar-refractivity contribution in [1.29, 1.82) is 5.26 Å². The van der Waals surface area contributed by atoms with Crippen molar-refractivity contribution in [2.45, 2.75) is 37.6 Å². The van der Waals surface area contributed by atoms with Crippen molar-refractivity contribution >= 4 is 17.6 Å². The van der Waals surface area contributed by atoms with Crippen LogP contribution in [0.15, 0.2) is 48.5 Å². The number of aliphatic carboxylic acids is 1. The Morgan fingerprint density at radius 1 is 1.25 bits per heavy atom. The SMILES string of the molecule is CC1(C)Oc2ccc(C#N)cc2[C@@H](N(CC(=O)N[C@@H](CO)C(=O)O)c2ccccc2)[C@@H]1O. The van der Waals surface area contributed by atoms with Crippen LogP contribution in [0.3, 0.4) is 0 Å². The molecule has 2 aromatic carbocycles. The lowest BCUT2D eigenvalue weighted by atomic mass is 9.84. The highest BCUT2D eigenvalue weighted by atomic mass is 16.5. The third kappa shape index (κ3) is 4.66. The van der Waals surface area contributed by atoms with Gasteiger partial charge < -0.3 is 30.3 Å². The number of benzene rings is 2. The number of para-hydroxylation sites is 1. The number of carboxylic acids is 1. The van der Waals surface area contributed by atoms with Gasteiger partial charge in [-0.2, -0.15) is 5.26 Å². The molecule has 0 fully saturated rings. The van der Waals surface area contributed by atoms with E-state index in [1.807, 2.05) is 0 Å². The highest BCUT2D eigenvalue weighted by Gasteiger charge is 2.46. The molecule has 2 aromatic rings. The van der Waals surface area contributed by atoms with Gasteiger partial charge in [-0.05, 0) is 44.2 Å². The first-order valence-electron chi connectivity index (χ1n) is 10.0. The van der Waals surface area contributed by atoms with Crippen molar-refractivity contribution in [2.75, 3.05) is 18.1 Å². The van der Waals surface area contributed by atoms with Gasteiger partial charge in [0, 0.05) is 11.3 Å². The quantitative estimate of drug-likeness (QED) is 0.504. The van der Waals surface area contributed by atoms with E-state index in [2.05, 4.69) is 11.4 Å². The summed E-state index contributed by atoms with van der Waals surface area (Å²) < 4.78 is 5.97. The Labute approximate surface area is 185 Å². The van der Waals surface area contributed by atoms with Crippen LogP contribution in [0.25, 0.3) is 0 Å². The molecule has 0 unspecified atom stereocenters. The summed E-state index contributed by atoms with van der Waals surface area (Å²) in [5.74, 6) is -1.53. The normalized spacial score (nSPS) is 19.6. The van der Waals surface area contributed by atoms with Gasteiger partial charge in [0.15, 0.2) is 0 Å². The molecule has 1 amide bonds. The van der Waals surface area contributed by atoms with Gasteiger partial charge in [-0.1, -0.05) is 18.2 Å². The summed E-state index contributed by atoms with van der Waals surface area (Å²) in [5, 5.41) is 41.3. The van der Waals surface area contributed by atoms with Crippen LogP contribution in [0.4, 0.5) is 5.69 Å². The second kappa shape index (κ2) is 9.26. The summed E-state index contributed by atoms with van der Waals surface area (Å²) in [6.07, 6.45) is -1.09. The van der Waals surface area contributed by atoms with E-state index in [-0.39, 0.29) is 6.54 Å². The molecule has 9 heteroatoms. The molecule has 0 saturated carbocycles. The number of aliphatic hydroxyl groups excluding tert-OH is 2. The standard InChI is InChI=1S/C23H25N3O6/c1-23(2)21(29)20(16-10-14(11-24)8-9-18(16)32-23)26(15-6-4-3-5-7-15)12-19(28)25-17(13-27)22(30)31/h3-10,17,20-21,27,29H,12-13H2,1-2H3,(H,25,28)(H,30,31)/t17-,20+,21-/m0/s1. The third-order valence-corrected chi connectivity index (χ3v) is 5.40. The minimum absolute atomic E-state index is 0.304. The van der Waals surface area contributed by atoms with Crippen molar-refractivity contribution < 1.29 is 29.6 Å². The third-order valence-electron chi connectivity index (χ3n) is 5.40. The van der Waals surface area contributed by atoms with E-state index < -0.39 is 42.3 Å². The number of anilines is 1. The second-order valence-corrected chi connectivity index (χ2v) is 8.06. The Morgan fingerprint density at radius 2 is 1.94 bits per heavy atom. The van der Waals surface area contributed by atoms with Gasteiger partial charge in [0.1, 0.15) is 23.5 Å². The van der Waals surface area contributed by atoms with Crippen molar-refractivity contribution in [3.8, 4) is 11.8 Å². The number of carboxylic acid groups (broad SMARTS) is 1. The fraction of sp³-hybridized carbons (Fsp3) is 0.348. The lowest BCUT2D eigenvalue weighted by molar-refractivity contribution is -0.142. The summed E-state index contributed by atoms with van der Waals surface area (Å²) in [4.78, 5) is 25.6. The summed E-state index contributed by atoms with van der Waals surface area (Å²) in [7, 11) is 0. The van der Waals surface area contributed by atoms with Crippen LogP contribution < -0.4 is 15.0 Å². The molecule has 1 heterocycles. The van der Waals surface area contributed by atoms with Gasteiger partial charge in [-0.3, -0.25) is 4.79 Å². The van der Waals surface area contributed by atoms with Crippen molar-refractivity contribution in [1.82, 2.24) is 5.32 Å². The molecule has 0 aliphatic carbocycles. The number of hydrogen-bond donors (Lipinski definition) is 4. The molecule has 3 rings (SSSR count). The van der Waals surface area contributed by atoms with Crippen LogP contribution in [0.1, 0.15) is 31.0 Å². The number of nitrogens with one attached hydrogen (secondary N) is 1. The molecule has 0 saturated heterocycles. The molecular weight excluding hydrogens is 414 g/mol. The highest BCUT2D eigenvalue weighted by molar-refractivity contribution is 5.86. The Morgan fingerprint density at radius 3 is 2.53 bits per heavy atom. The van der Waals surface area contributed by atoms with E-state index in [4.69, 9.17) is 9.84 Å². The number of hydrogen-bond acceptors (Lipinski definition) is 7. The average molecular weight is 439 g/mol. The zero-order valence-electron chi connectivity index (χ0n) is 17.7. The monoisotopic (exact) mass is 439 g/mol. The summed E-state index contributed by atoms with van der Waals surface area (Å²) in [6.45, 7) is 2.39. The second-order valence-electron chi connectivity index (χ2n) is 8.06. The van der Waals surface area contributed by atoms with Gasteiger partial charge >= 0.3 is 5.97 Å². The first-order chi connectivity index (χ1) is 15.2. The number of amides is 1. The van der Waals surface area contributed by atoms with Gasteiger partial charge in [0.05, 0.1) is 30.8 Å². The van der Waals surface area contributed by atoms with Crippen LogP contribution in [-0.4, -0.2) is 58.1 Å². The number of fused-ring (bicyclic) bond motifs is 1. The van der Waals surface area contributed by atoms with E-state index in [9.17, 15) is 25.1 Å². The Kier molecular flexibility index (Phi) is 6.67. The zero-order chi connectivity index (χ0) is 23.5. The Balaban J connectivity index is 2.07. The fourth-order valence-corrected chi connectivity index (χ4v) is 3.72. The Hall–Kier alpha value is -3.61. The number of rotatable bonds is 7. The van der Waals surface area contributed by atoms with Crippen LogP contribution in [-0.2, 0) is 9.59 Å². The van der Waals surface area contributed by atoms with Crippen LogP contribution in [0.5, 0.6) is 5.75 Å². The van der Waals surface area contributed by atoms with Crippen LogP contribution >= 0.6 is 0 Å². The van der Waals surface area contributed by atoms with Crippen molar-refractivity contribution in [3.63, 3.8) is 0 Å². The molecule has 0 bridgehead atoms. The maximum Gasteiger partial charge on any atom is 0.328 e. The first kappa shape index (κ1) is 23.1. The molecule has 1 aliphatic heterocycles. The smallest absolute Gasteiger partial charge is 0.328 e. The van der Waals surface area contributed by atoms with Crippen molar-refractivity contribution in [3.05, 3.63) is 59.7 Å². The van der Waals surface area contributed by atoms with E-state index in [0.717, 1.165) is 0 Å². The number of carbonyl (C=O) groups excluding carboxylic acids is 1. The molecule has 3 atom stereocenters. The van der Waals surface area contributed by atoms with Crippen LogP contribution in [0, 0.1) is 11.3 Å². The van der Waals surface area contributed by atoms with Crippen molar-refractivity contribution in [2.24, 2.45) is 0 Å². The zero-order valence-corrected chi connectivity index (χ0v) is 17.7. The molecule has 32 heavy (non-hydrogen) atoms. The van der Waals surface area contributed by atoms with E-state index in [1.54, 1.807) is 67.3 Å². The predicted octanol–water partition coefficient (Wildman–Crippen LogP) is 1.20. The summed E-state index contributed by atoms with van der Waals surface area (Å²) >= 11 is 0. The maximum atomic E-state index is 12.8. The molecule has 0 radical (unpaired) electrons. The summed E-state index contributed by atoms with van der Waals surface area (Å²) in [5.41, 5.74) is 0.496. The number of carbonyl (C=O) groups is 2. The van der Waals surface area contributed by atoms with Gasteiger partial charge in [0.2, 0.25) is 5.91 Å². The maximum absolute atomic E-state index is 12.8. The predicted molar refractivity (Wildman–Crippen MR) is 115 cm³/mol. The molecule has 9 nitrogen and oxygen atoms in total. The Bertz CT molecular complexity index is 1030. The molecule has 0 spiro atoms. The van der Waals surface area contributed by atoms with E-state index in [1.165, 1.54) is 0 Å². The number of nitrogens with zero attached hydrogens (tertiary/aromatic N) is 2. The number of nitriles is 1. The van der Waals surface area contributed by atoms with Gasteiger partial charge in [0.25, 0.3) is 0 Å². The molecule has 0 aromatic heterocycles. The fourth-order valence-electron chi connectivity index (χ4n) is 3.72. The highest BCUT2D eigenvalue weighted by Crippen LogP contribution is 2.44. The topological polar surface area (TPSA) is 143 Å². The number of ether oxygens (including phenoxy) is 1. The van der Waals surface area contributed by atoms with Gasteiger partial charge in [-0.25, -0.2) is 4.79 Å². The van der Waals surface area contributed by atoms with Gasteiger partial charge in [-0.15, -0.1) is 0 Å².